The van der Waals surface area contributed by atoms with E-state index in [2.05, 4.69) is 83.5 Å². The summed E-state index contributed by atoms with van der Waals surface area (Å²) in [5.74, 6) is 3.64. The summed E-state index contributed by atoms with van der Waals surface area (Å²) in [5, 5.41) is 35.8. The first-order valence-electron chi connectivity index (χ1n) is 32.5. The lowest BCUT2D eigenvalue weighted by Gasteiger charge is -2.37. The van der Waals surface area contributed by atoms with Gasteiger partial charge in [-0.25, -0.2) is 23.7 Å². The zero-order valence-electron chi connectivity index (χ0n) is 60.3. The number of nitrogen functional groups attached to an aromatic ring is 1. The van der Waals surface area contributed by atoms with Crippen LogP contribution < -0.4 is 70.1 Å². The smallest absolute Gasteiger partial charge is 0.294 e. The average molecular weight is 1530 g/mol. The second-order valence-corrected chi connectivity index (χ2v) is 25.2. The predicted molar refractivity (Wildman–Crippen MR) is 400 cm³/mol. The maximum absolute atomic E-state index is 12.4. The molecule has 3 saturated heterocycles. The summed E-state index contributed by atoms with van der Waals surface area (Å²) in [4.78, 5) is 73.7. The Morgan fingerprint density at radius 1 is 0.592 bits per heavy atom. The average Bonchev–Trinajstić information content (AvgIpc) is 0.812. The minimum Gasteiger partial charge on any atom is -0.494 e. The largest absolute Gasteiger partial charge is 0.494 e. The van der Waals surface area contributed by atoms with Gasteiger partial charge < -0.3 is 84.8 Å². The van der Waals surface area contributed by atoms with E-state index in [0.29, 0.717) is 133 Å². The van der Waals surface area contributed by atoms with Crippen molar-refractivity contribution in [2.45, 2.75) is 18.3 Å². The Morgan fingerprint density at radius 2 is 0.913 bits per heavy atom. The SMILES string of the molecule is C=CC(=O)Cl.COc1cc(N(C)CCN(C)C)c(N)cc1Nc1nccc(OC2CN(CCF)C2)n1.COc1cc(N(C)CCN(C)C)c([N+](=O)[O-])cc1Nc1nccc(OC2CN(CCF)C2)n1.COc1cc(N(C)CCN(C)C)c([N+](=O)[O-])cc1Nc1nccc(OC2CNC2)n1.FCCBr. The van der Waals surface area contributed by atoms with Crippen LogP contribution in [0.1, 0.15) is 0 Å². The summed E-state index contributed by atoms with van der Waals surface area (Å²) in [5.41, 5.74) is 10.1. The number of allylic oxidation sites excluding steroid dienone is 1. The Labute approximate surface area is 612 Å². The molecule has 3 fully saturated rings. The Kier molecular flexibility index (Phi) is 35.8. The Balaban J connectivity index is 0.000000262. The number of aromatic nitrogens is 6. The molecule has 3 aromatic carbocycles. The molecule has 0 amide bonds. The number of nitrogens with two attached hydrogens (primary N) is 1. The van der Waals surface area contributed by atoms with Crippen molar-refractivity contribution < 1.29 is 56.2 Å². The summed E-state index contributed by atoms with van der Waals surface area (Å²) in [6.45, 7) is 11.6. The first-order valence-corrected chi connectivity index (χ1v) is 34.0. The van der Waals surface area contributed by atoms with Gasteiger partial charge in [0.25, 0.3) is 11.4 Å². The molecule has 6 aromatic rings. The topological polar surface area (TPSA) is 336 Å². The number of benzene rings is 3. The van der Waals surface area contributed by atoms with Crippen LogP contribution >= 0.6 is 27.5 Å². The van der Waals surface area contributed by atoms with Crippen LogP contribution in [0, 0.1) is 20.2 Å². The number of carbonyl (C=O) groups is 1. The van der Waals surface area contributed by atoms with Crippen LogP contribution in [-0.2, 0) is 4.79 Å². The number of hydrogen-bond donors (Lipinski definition) is 5. The molecule has 0 saturated carbocycles. The minimum atomic E-state index is -0.509. The number of nitro benzene ring substituents is 2. The molecule has 9 rings (SSSR count). The third-order valence-electron chi connectivity index (χ3n) is 15.3. The van der Waals surface area contributed by atoms with Crippen LogP contribution in [0.15, 0.2) is 85.8 Å². The van der Waals surface area contributed by atoms with Crippen LogP contribution in [-0.4, -0.2) is 290 Å². The molecule has 6 N–H and O–H groups in total. The molecule has 0 atom stereocenters. The van der Waals surface area contributed by atoms with Gasteiger partial charge in [0, 0.05) is 185 Å². The fourth-order valence-electron chi connectivity index (χ4n) is 9.57. The fraction of sp³-hybridized carbons (Fsp3) is 0.500. The van der Waals surface area contributed by atoms with Gasteiger partial charge in [-0.05, 0) is 66.0 Å². The number of ether oxygens (including phenoxy) is 6. The van der Waals surface area contributed by atoms with E-state index in [1.54, 1.807) is 56.9 Å². The number of alkyl halides is 4. The van der Waals surface area contributed by atoms with Crippen LogP contribution in [0.4, 0.5) is 82.2 Å². The lowest BCUT2D eigenvalue weighted by molar-refractivity contribution is -0.384. The van der Waals surface area contributed by atoms with Crippen molar-refractivity contribution in [3.05, 3.63) is 106 Å². The van der Waals surface area contributed by atoms with Crippen LogP contribution in [0.5, 0.6) is 34.9 Å². The van der Waals surface area contributed by atoms with Crippen molar-refractivity contribution in [2.24, 2.45) is 0 Å². The Hall–Kier alpha value is -9.17. The summed E-state index contributed by atoms with van der Waals surface area (Å²) in [7, 11) is 22.1. The Morgan fingerprint density at radius 3 is 1.19 bits per heavy atom. The lowest BCUT2D eigenvalue weighted by Crippen LogP contribution is -2.54. The van der Waals surface area contributed by atoms with E-state index < -0.39 is 15.1 Å². The second-order valence-electron chi connectivity index (χ2n) is 24.1. The molecule has 566 valence electrons. The number of anilines is 10. The molecule has 0 unspecified atom stereocenters. The van der Waals surface area contributed by atoms with E-state index in [-0.39, 0.29) is 61.6 Å². The molecule has 3 aliphatic heterocycles. The molecule has 0 bridgehead atoms. The van der Waals surface area contributed by atoms with E-state index in [1.807, 2.05) is 97.9 Å². The first kappa shape index (κ1) is 84.5. The van der Waals surface area contributed by atoms with Gasteiger partial charge in [0.15, 0.2) is 0 Å². The van der Waals surface area contributed by atoms with Crippen molar-refractivity contribution in [2.75, 3.05) is 238 Å². The number of halogens is 5. The minimum absolute atomic E-state index is 0.0106. The first-order chi connectivity index (χ1) is 49.2. The third kappa shape index (κ3) is 28.2. The molecular formula is C66H96BrClF3N21O11. The van der Waals surface area contributed by atoms with E-state index in [0.717, 1.165) is 51.0 Å². The number of carbonyl (C=O) groups excluding carboxylic acids is 1. The molecule has 103 heavy (non-hydrogen) atoms. The van der Waals surface area contributed by atoms with Gasteiger partial charge in [-0.1, -0.05) is 22.5 Å². The molecular weight excluding hydrogens is 1440 g/mol. The number of nitro groups is 2. The molecule has 3 aliphatic rings. The van der Waals surface area contributed by atoms with E-state index in [9.17, 15) is 38.2 Å². The normalized spacial score (nSPS) is 13.4. The third-order valence-corrected chi connectivity index (χ3v) is 15.8. The van der Waals surface area contributed by atoms with Gasteiger partial charge in [0.1, 0.15) is 60.3 Å². The molecule has 0 aliphatic carbocycles. The molecule has 37 heteroatoms. The number of likely N-dealkylation sites (tertiary alicyclic amines) is 2. The predicted octanol–water partition coefficient (Wildman–Crippen LogP) is 7.78. The van der Waals surface area contributed by atoms with Gasteiger partial charge in [-0.15, -0.1) is 0 Å². The number of nitrogens with one attached hydrogen (secondary N) is 4. The monoisotopic (exact) mass is 1530 g/mol. The van der Waals surface area contributed by atoms with Crippen LogP contribution in [0.25, 0.3) is 0 Å². The highest BCUT2D eigenvalue weighted by Crippen LogP contribution is 2.41. The second kappa shape index (κ2) is 43.7. The number of nitrogens with zero attached hydrogens (tertiary/aromatic N) is 16. The lowest BCUT2D eigenvalue weighted by atomic mass is 10.2. The fourth-order valence-corrected chi connectivity index (χ4v) is 9.57. The summed E-state index contributed by atoms with van der Waals surface area (Å²) in [6.07, 6.45) is 5.81. The van der Waals surface area contributed by atoms with Crippen LogP contribution in [0.2, 0.25) is 0 Å². The zero-order valence-corrected chi connectivity index (χ0v) is 62.6. The van der Waals surface area contributed by atoms with Gasteiger partial charge in [0.05, 0.1) is 66.3 Å². The quantitative estimate of drug-likeness (QED) is 0.00633. The Bertz CT molecular complexity index is 3630. The van der Waals surface area contributed by atoms with Gasteiger partial charge in [0.2, 0.25) is 40.7 Å². The number of likely N-dealkylation sites (N-methyl/N-ethyl adjacent to an activating group) is 6. The molecule has 0 spiro atoms. The highest BCUT2D eigenvalue weighted by molar-refractivity contribution is 9.09. The molecule has 3 aromatic heterocycles. The zero-order chi connectivity index (χ0) is 75.7. The van der Waals surface area contributed by atoms with Crippen molar-refractivity contribution in [3.8, 4) is 34.9 Å². The summed E-state index contributed by atoms with van der Waals surface area (Å²) < 4.78 is 69.4. The van der Waals surface area contributed by atoms with Crippen molar-refractivity contribution in [1.29, 1.82) is 0 Å². The number of hydrogen-bond acceptors (Lipinski definition) is 30. The van der Waals surface area contributed by atoms with Crippen molar-refractivity contribution in [3.63, 3.8) is 0 Å². The van der Waals surface area contributed by atoms with E-state index in [1.165, 1.54) is 32.5 Å². The van der Waals surface area contributed by atoms with Crippen LogP contribution in [0.3, 0.4) is 0 Å². The maximum atomic E-state index is 12.4. The summed E-state index contributed by atoms with van der Waals surface area (Å²) in [6, 6.07) is 14.9. The summed E-state index contributed by atoms with van der Waals surface area (Å²) >= 11 is 7.58. The van der Waals surface area contributed by atoms with Gasteiger partial charge in [-0.3, -0.25) is 39.2 Å². The van der Waals surface area contributed by atoms with E-state index in [4.69, 9.17) is 45.8 Å². The highest BCUT2D eigenvalue weighted by Gasteiger charge is 2.31. The molecule has 32 nitrogen and oxygen atoms in total. The van der Waals surface area contributed by atoms with Crippen molar-refractivity contribution >= 4 is 102 Å². The number of methoxy groups -OCH3 is 3. The maximum Gasteiger partial charge on any atom is 0.294 e. The van der Waals surface area contributed by atoms with E-state index >= 15 is 0 Å². The number of rotatable bonds is 35. The standard InChI is InChI=1S/C21H30FN7O4.C21H32FN7O2.C19H27N7O4.C3H3ClO.C2H4BrF/c1-26(2)9-10-27(3)17-12-19(32-4)16(11-18(17)29(30)31)24-21-23-7-5-20(25-21)33-15-13-28(14-15)8-6-22;1-27(2)9-10-28(3)18-12-19(30-4)17(11-16(18)23)25-21-24-7-5-20(26-21)31-15-13-29(14-15)8-6-22;1-24(2)7-8-25(3)15-10-17(29-4)14(9-16(15)26(27)28)22-19-21-6-5-18(23-19)30-13-11-20-12-13;1-2-3(4)5;3-1-2-4/h5,7,11-12,15H,6,8-10,13-14H2,1-4H3,(H,23,24,25);5,7,11-12,15H,6,8-10,13-14,23H2,1-4H3,(H,24,25,26);5-6,9-10,13,20H,7-8,11-12H2,1-4H3,(H,21,22,23);2H,1H2;1-2H2. The molecule has 0 radical (unpaired) electrons. The van der Waals surface area contributed by atoms with Gasteiger partial charge >= 0.3 is 0 Å². The molecule has 6 heterocycles. The van der Waals surface area contributed by atoms with Crippen molar-refractivity contribution in [1.82, 2.24) is 59.7 Å². The highest BCUT2D eigenvalue weighted by atomic mass is 79.9. The van der Waals surface area contributed by atoms with Gasteiger partial charge in [-0.2, -0.15) is 15.0 Å².